The molecule has 0 unspecified atom stereocenters. The summed E-state index contributed by atoms with van der Waals surface area (Å²) in [5.41, 5.74) is 9.65. The van der Waals surface area contributed by atoms with Crippen LogP contribution in [0.2, 0.25) is 0 Å². The molecule has 7 heteroatoms. The van der Waals surface area contributed by atoms with Crippen LogP contribution < -0.4 is 26.0 Å². The lowest BCUT2D eigenvalue weighted by Gasteiger charge is -2.13. The first-order chi connectivity index (χ1) is 9.78. The molecule has 7 nitrogen and oxygen atoms in total. The molecule has 0 radical (unpaired) electrons. The molecule has 0 spiro atoms. The Kier molecular flexibility index (Phi) is 4.80. The Labute approximate surface area is 118 Å². The van der Waals surface area contributed by atoms with Crippen molar-refractivity contribution >= 4 is 5.96 Å². The molecule has 3 N–H and O–H groups in total. The number of methoxy groups -OCH3 is 2. The first kappa shape index (κ1) is 14.2. The summed E-state index contributed by atoms with van der Waals surface area (Å²) in [5, 5.41) is 1.81. The van der Waals surface area contributed by atoms with E-state index in [4.69, 9.17) is 9.47 Å². The number of nitrogens with zero attached hydrogens (tertiary/aromatic N) is 2. The number of benzene rings is 1. The molecule has 2 rings (SSSR count). The topological polar surface area (TPSA) is 70.2 Å². The standard InChI is InChI=1S/C13H19N5O2/c1-4-7-18-13(15-16-17-18)14-9-10-5-6-11(19-2)12(8-10)20-3/h4-6,8,16-17H,1,7,9H2,2-3H3,(H,14,15). The second-order valence-corrected chi connectivity index (χ2v) is 4.09. The van der Waals surface area contributed by atoms with Gasteiger partial charge in [0.1, 0.15) is 0 Å². The summed E-state index contributed by atoms with van der Waals surface area (Å²) in [4.78, 5) is 4.49. The lowest BCUT2D eigenvalue weighted by molar-refractivity contribution is 0.327. The van der Waals surface area contributed by atoms with Gasteiger partial charge >= 0.3 is 0 Å². The van der Waals surface area contributed by atoms with Crippen molar-refractivity contribution in [3.8, 4) is 11.5 Å². The zero-order valence-electron chi connectivity index (χ0n) is 11.6. The van der Waals surface area contributed by atoms with E-state index < -0.39 is 0 Å². The predicted octanol–water partition coefficient (Wildman–Crippen LogP) is 0.575. The number of hydrogen-bond donors (Lipinski definition) is 3. The summed E-state index contributed by atoms with van der Waals surface area (Å²) in [7, 11) is 3.23. The Bertz CT molecular complexity index is 504. The van der Waals surface area contributed by atoms with Crippen molar-refractivity contribution in [1.29, 1.82) is 0 Å². The molecule has 0 atom stereocenters. The molecule has 1 fully saturated rings. The van der Waals surface area contributed by atoms with Gasteiger partial charge in [-0.1, -0.05) is 12.1 Å². The minimum Gasteiger partial charge on any atom is -0.493 e. The van der Waals surface area contributed by atoms with Gasteiger partial charge in [-0.2, -0.15) is 5.53 Å². The number of aliphatic imine (C=N–C) groups is 1. The highest BCUT2D eigenvalue weighted by Crippen LogP contribution is 2.27. The maximum Gasteiger partial charge on any atom is 0.226 e. The van der Waals surface area contributed by atoms with Crippen LogP contribution in [0.15, 0.2) is 35.8 Å². The van der Waals surface area contributed by atoms with Crippen molar-refractivity contribution in [2.75, 3.05) is 20.8 Å². The largest absolute Gasteiger partial charge is 0.493 e. The first-order valence-electron chi connectivity index (χ1n) is 6.19. The van der Waals surface area contributed by atoms with Crippen molar-refractivity contribution in [3.05, 3.63) is 36.4 Å². The van der Waals surface area contributed by atoms with E-state index in [-0.39, 0.29) is 0 Å². The highest BCUT2D eigenvalue weighted by Gasteiger charge is 2.15. The number of guanidine groups is 1. The Morgan fingerprint density at radius 3 is 2.80 bits per heavy atom. The summed E-state index contributed by atoms with van der Waals surface area (Å²) in [5.74, 6) is 2.11. The van der Waals surface area contributed by atoms with Crippen LogP contribution in [0.4, 0.5) is 0 Å². The normalized spacial score (nSPS) is 16.1. The number of nitrogens with one attached hydrogen (secondary N) is 3. The minimum atomic E-state index is 0.527. The number of hydrogen-bond acceptors (Lipinski definition) is 5. The van der Waals surface area contributed by atoms with E-state index in [9.17, 15) is 0 Å². The molecule has 1 aromatic carbocycles. The van der Waals surface area contributed by atoms with Crippen molar-refractivity contribution in [2.24, 2.45) is 4.99 Å². The van der Waals surface area contributed by atoms with E-state index in [1.807, 2.05) is 23.2 Å². The zero-order valence-corrected chi connectivity index (χ0v) is 11.6. The van der Waals surface area contributed by atoms with E-state index >= 15 is 0 Å². The fourth-order valence-electron chi connectivity index (χ4n) is 1.80. The molecule has 1 saturated heterocycles. The van der Waals surface area contributed by atoms with Gasteiger partial charge in [0.15, 0.2) is 11.5 Å². The summed E-state index contributed by atoms with van der Waals surface area (Å²) in [6.07, 6.45) is 1.79. The lowest BCUT2D eigenvalue weighted by atomic mass is 10.2. The lowest BCUT2D eigenvalue weighted by Crippen LogP contribution is -2.37. The third-order valence-electron chi connectivity index (χ3n) is 2.79. The van der Waals surface area contributed by atoms with E-state index in [0.717, 1.165) is 5.56 Å². The molecule has 20 heavy (non-hydrogen) atoms. The highest BCUT2D eigenvalue weighted by molar-refractivity contribution is 5.80. The fraction of sp³-hybridized carbons (Fsp3) is 0.308. The fourth-order valence-corrected chi connectivity index (χ4v) is 1.80. The van der Waals surface area contributed by atoms with Gasteiger partial charge in [0.2, 0.25) is 5.96 Å². The second-order valence-electron chi connectivity index (χ2n) is 4.09. The molecule has 0 bridgehead atoms. The Morgan fingerprint density at radius 1 is 1.30 bits per heavy atom. The van der Waals surface area contributed by atoms with Gasteiger partial charge in [0.05, 0.1) is 27.3 Å². The third-order valence-corrected chi connectivity index (χ3v) is 2.79. The molecule has 1 aromatic rings. The molecule has 0 saturated carbocycles. The smallest absolute Gasteiger partial charge is 0.226 e. The minimum absolute atomic E-state index is 0.527. The van der Waals surface area contributed by atoms with Crippen LogP contribution in [0.25, 0.3) is 0 Å². The summed E-state index contributed by atoms with van der Waals surface area (Å²) in [6, 6.07) is 5.74. The van der Waals surface area contributed by atoms with Gasteiger partial charge in [-0.05, 0) is 17.7 Å². The van der Waals surface area contributed by atoms with Crippen LogP contribution >= 0.6 is 0 Å². The molecular formula is C13H19N5O2. The summed E-state index contributed by atoms with van der Waals surface area (Å²) < 4.78 is 10.5. The van der Waals surface area contributed by atoms with Gasteiger partial charge in [-0.3, -0.25) is 10.4 Å². The van der Waals surface area contributed by atoms with Crippen LogP contribution in [0.3, 0.4) is 0 Å². The van der Waals surface area contributed by atoms with E-state index in [2.05, 4.69) is 28.1 Å². The predicted molar refractivity (Wildman–Crippen MR) is 77.0 cm³/mol. The number of rotatable bonds is 6. The molecule has 0 aromatic heterocycles. The Morgan fingerprint density at radius 2 is 2.10 bits per heavy atom. The van der Waals surface area contributed by atoms with Crippen LogP contribution in [0.5, 0.6) is 11.5 Å². The Balaban J connectivity index is 2.08. The average Bonchev–Trinajstić information content (AvgIpc) is 2.92. The van der Waals surface area contributed by atoms with Gasteiger partial charge in [0.25, 0.3) is 0 Å². The number of ether oxygens (including phenoxy) is 2. The Hall–Kier alpha value is -2.25. The monoisotopic (exact) mass is 277 g/mol. The van der Waals surface area contributed by atoms with Gasteiger partial charge in [0, 0.05) is 0 Å². The highest BCUT2D eigenvalue weighted by atomic mass is 16.5. The third kappa shape index (κ3) is 3.19. The molecule has 0 aliphatic carbocycles. The van der Waals surface area contributed by atoms with Crippen LogP contribution in [-0.2, 0) is 6.54 Å². The van der Waals surface area contributed by atoms with Crippen LogP contribution in [0.1, 0.15) is 5.56 Å². The van der Waals surface area contributed by atoms with E-state index in [1.54, 1.807) is 20.3 Å². The van der Waals surface area contributed by atoms with Gasteiger partial charge in [-0.15, -0.1) is 12.1 Å². The van der Waals surface area contributed by atoms with Crippen LogP contribution in [0, 0.1) is 0 Å². The van der Waals surface area contributed by atoms with Gasteiger partial charge in [-0.25, -0.2) is 4.99 Å². The first-order valence-corrected chi connectivity index (χ1v) is 6.19. The van der Waals surface area contributed by atoms with E-state index in [0.29, 0.717) is 30.5 Å². The van der Waals surface area contributed by atoms with E-state index in [1.165, 1.54) is 0 Å². The molecule has 108 valence electrons. The van der Waals surface area contributed by atoms with Crippen LogP contribution in [-0.4, -0.2) is 31.7 Å². The SMILES string of the molecule is C=CCN1NNNC1=NCc1ccc(OC)c(OC)c1. The average molecular weight is 277 g/mol. The van der Waals surface area contributed by atoms with Crippen molar-refractivity contribution in [1.82, 2.24) is 21.5 Å². The summed E-state index contributed by atoms with van der Waals surface area (Å²) >= 11 is 0. The van der Waals surface area contributed by atoms with Crippen molar-refractivity contribution < 1.29 is 9.47 Å². The molecule has 1 aliphatic heterocycles. The second kappa shape index (κ2) is 6.78. The van der Waals surface area contributed by atoms with Crippen molar-refractivity contribution in [3.63, 3.8) is 0 Å². The zero-order chi connectivity index (χ0) is 14.4. The van der Waals surface area contributed by atoms with Gasteiger partial charge < -0.3 is 9.47 Å². The molecule has 0 amide bonds. The maximum absolute atomic E-state index is 5.27. The molecule has 1 heterocycles. The molecular weight excluding hydrogens is 258 g/mol. The summed E-state index contributed by atoms with van der Waals surface area (Å²) in [6.45, 7) is 4.87. The number of hydrazine groups is 3. The quantitative estimate of drug-likeness (QED) is 0.661. The maximum atomic E-state index is 5.27. The molecule has 1 aliphatic rings. The van der Waals surface area contributed by atoms with Crippen molar-refractivity contribution in [2.45, 2.75) is 6.54 Å².